The van der Waals surface area contributed by atoms with Crippen molar-refractivity contribution in [3.63, 3.8) is 0 Å². The predicted molar refractivity (Wildman–Crippen MR) is 102 cm³/mol. The van der Waals surface area contributed by atoms with Crippen molar-refractivity contribution in [3.8, 4) is 0 Å². The Hall–Kier alpha value is -1.32. The largest absolute Gasteiger partial charge is 0.348 e. The van der Waals surface area contributed by atoms with Gasteiger partial charge in [-0.05, 0) is 51.0 Å². The number of aryl methyl sites for hydroxylation is 1. The van der Waals surface area contributed by atoms with Crippen molar-refractivity contribution in [2.75, 3.05) is 0 Å². The molecule has 1 amide bonds. The van der Waals surface area contributed by atoms with Crippen LogP contribution in [0.2, 0.25) is 0 Å². The molecule has 0 spiro atoms. The fourth-order valence-electron chi connectivity index (χ4n) is 4.66. The van der Waals surface area contributed by atoms with Crippen LogP contribution in [0.5, 0.6) is 0 Å². The van der Waals surface area contributed by atoms with Crippen molar-refractivity contribution < 1.29 is 4.79 Å². The highest BCUT2D eigenvalue weighted by atomic mass is 16.2. The van der Waals surface area contributed by atoms with Gasteiger partial charge >= 0.3 is 0 Å². The van der Waals surface area contributed by atoms with Gasteiger partial charge in [-0.15, -0.1) is 0 Å². The highest BCUT2D eigenvalue weighted by Gasteiger charge is 2.25. The molecule has 1 atom stereocenters. The van der Waals surface area contributed by atoms with Crippen molar-refractivity contribution in [1.29, 1.82) is 0 Å². The standard InChI is InChI=1S/C21H35N3O/c1-3-10-19-15-20(23-24(19)18-13-8-5-9-14-18)21(25)22-16(2)17-11-6-4-7-12-17/h15-18H,3-14H2,1-2H3,(H,22,25)/t16-/m1/s1. The third-order valence-electron chi connectivity index (χ3n) is 6.19. The molecule has 4 nitrogen and oxygen atoms in total. The third-order valence-corrected chi connectivity index (χ3v) is 6.19. The highest BCUT2D eigenvalue weighted by Crippen LogP contribution is 2.30. The molecule has 1 N–H and O–H groups in total. The predicted octanol–water partition coefficient (Wildman–Crippen LogP) is 5.04. The van der Waals surface area contributed by atoms with Gasteiger partial charge in [-0.3, -0.25) is 9.48 Å². The molecule has 2 aliphatic carbocycles. The summed E-state index contributed by atoms with van der Waals surface area (Å²) in [6.07, 6.45) is 14.9. The molecule has 2 fully saturated rings. The van der Waals surface area contributed by atoms with Crippen molar-refractivity contribution >= 4 is 5.91 Å². The summed E-state index contributed by atoms with van der Waals surface area (Å²) in [7, 11) is 0. The first-order valence-corrected chi connectivity index (χ1v) is 10.6. The van der Waals surface area contributed by atoms with Gasteiger partial charge in [-0.2, -0.15) is 5.10 Å². The Bertz CT molecular complexity index is 553. The van der Waals surface area contributed by atoms with Gasteiger partial charge in [0, 0.05) is 11.7 Å². The summed E-state index contributed by atoms with van der Waals surface area (Å²) >= 11 is 0. The molecular weight excluding hydrogens is 310 g/mol. The Kier molecular flexibility index (Phi) is 6.55. The van der Waals surface area contributed by atoms with Gasteiger partial charge < -0.3 is 5.32 Å². The van der Waals surface area contributed by atoms with Crippen LogP contribution >= 0.6 is 0 Å². The molecule has 0 unspecified atom stereocenters. The van der Waals surface area contributed by atoms with Gasteiger partial charge in [0.15, 0.2) is 0 Å². The van der Waals surface area contributed by atoms with E-state index in [0.29, 0.717) is 17.7 Å². The molecule has 2 aliphatic rings. The number of hydrogen-bond acceptors (Lipinski definition) is 2. The Morgan fingerprint density at radius 1 is 1.16 bits per heavy atom. The lowest BCUT2D eigenvalue weighted by Crippen LogP contribution is -2.39. The smallest absolute Gasteiger partial charge is 0.272 e. The lowest BCUT2D eigenvalue weighted by Gasteiger charge is -2.28. The molecule has 1 heterocycles. The third kappa shape index (κ3) is 4.65. The Labute approximate surface area is 152 Å². The molecule has 25 heavy (non-hydrogen) atoms. The zero-order chi connectivity index (χ0) is 17.6. The van der Waals surface area contributed by atoms with E-state index in [1.165, 1.54) is 69.9 Å². The molecule has 140 valence electrons. The first-order chi connectivity index (χ1) is 12.2. The quantitative estimate of drug-likeness (QED) is 0.785. The molecule has 0 saturated heterocycles. The minimum Gasteiger partial charge on any atom is -0.348 e. The molecule has 0 bridgehead atoms. The molecule has 0 aromatic carbocycles. The Morgan fingerprint density at radius 3 is 2.44 bits per heavy atom. The number of carbonyl (C=O) groups excluding carboxylic acids is 1. The van der Waals surface area contributed by atoms with E-state index in [9.17, 15) is 4.79 Å². The van der Waals surface area contributed by atoms with Crippen LogP contribution in [0.3, 0.4) is 0 Å². The lowest BCUT2D eigenvalue weighted by molar-refractivity contribution is 0.0912. The fraction of sp³-hybridized carbons (Fsp3) is 0.810. The van der Waals surface area contributed by atoms with Crippen LogP contribution in [0.1, 0.15) is 107 Å². The van der Waals surface area contributed by atoms with Crippen molar-refractivity contribution in [3.05, 3.63) is 17.5 Å². The Morgan fingerprint density at radius 2 is 1.80 bits per heavy atom. The van der Waals surface area contributed by atoms with E-state index in [1.54, 1.807) is 0 Å². The van der Waals surface area contributed by atoms with E-state index < -0.39 is 0 Å². The number of nitrogens with zero attached hydrogens (tertiary/aromatic N) is 2. The highest BCUT2D eigenvalue weighted by molar-refractivity contribution is 5.92. The van der Waals surface area contributed by atoms with Gasteiger partial charge in [-0.1, -0.05) is 51.9 Å². The maximum atomic E-state index is 12.8. The summed E-state index contributed by atoms with van der Waals surface area (Å²) in [6.45, 7) is 4.36. The Balaban J connectivity index is 1.68. The number of carbonyl (C=O) groups is 1. The summed E-state index contributed by atoms with van der Waals surface area (Å²) in [4.78, 5) is 12.8. The number of hydrogen-bond donors (Lipinski definition) is 1. The molecule has 0 aliphatic heterocycles. The van der Waals surface area contributed by atoms with E-state index in [-0.39, 0.29) is 11.9 Å². The number of rotatable bonds is 6. The molecule has 2 saturated carbocycles. The second kappa shape index (κ2) is 8.86. The van der Waals surface area contributed by atoms with Crippen molar-refractivity contribution in [2.45, 2.75) is 103 Å². The van der Waals surface area contributed by atoms with Gasteiger partial charge in [0.25, 0.3) is 5.91 Å². The summed E-state index contributed by atoms with van der Waals surface area (Å²) in [5.74, 6) is 0.651. The first kappa shape index (κ1) is 18.5. The van der Waals surface area contributed by atoms with Crippen molar-refractivity contribution in [1.82, 2.24) is 15.1 Å². The topological polar surface area (TPSA) is 46.9 Å². The average molecular weight is 346 g/mol. The zero-order valence-corrected chi connectivity index (χ0v) is 16.1. The van der Waals surface area contributed by atoms with E-state index in [2.05, 4.69) is 23.8 Å². The van der Waals surface area contributed by atoms with Crippen molar-refractivity contribution in [2.24, 2.45) is 5.92 Å². The van der Waals surface area contributed by atoms with Crippen LogP contribution in [-0.4, -0.2) is 21.7 Å². The maximum absolute atomic E-state index is 12.8. The second-order valence-corrected chi connectivity index (χ2v) is 8.17. The summed E-state index contributed by atoms with van der Waals surface area (Å²) in [6, 6.07) is 2.79. The van der Waals surface area contributed by atoms with Gasteiger partial charge in [0.05, 0.1) is 6.04 Å². The lowest BCUT2D eigenvalue weighted by atomic mass is 9.84. The first-order valence-electron chi connectivity index (χ1n) is 10.6. The SMILES string of the molecule is CCCc1cc(C(=O)N[C@H](C)C2CCCCC2)nn1C1CCCCC1. The van der Waals surface area contributed by atoms with Crippen LogP contribution in [0.4, 0.5) is 0 Å². The molecule has 3 rings (SSSR count). The van der Waals surface area contributed by atoms with Gasteiger partial charge in [0.2, 0.25) is 0 Å². The van der Waals surface area contributed by atoms with E-state index in [4.69, 9.17) is 5.10 Å². The molecule has 4 heteroatoms. The van der Waals surface area contributed by atoms with Crippen LogP contribution in [0.15, 0.2) is 6.07 Å². The van der Waals surface area contributed by atoms with Crippen LogP contribution in [-0.2, 0) is 6.42 Å². The van der Waals surface area contributed by atoms with Gasteiger partial charge in [0.1, 0.15) is 5.69 Å². The van der Waals surface area contributed by atoms with Gasteiger partial charge in [-0.25, -0.2) is 0 Å². The normalized spacial score (nSPS) is 21.2. The minimum atomic E-state index is 0.0185. The monoisotopic (exact) mass is 345 g/mol. The molecule has 1 aromatic rings. The molecular formula is C21H35N3O. The summed E-state index contributed by atoms with van der Waals surface area (Å²) in [5.41, 5.74) is 1.86. The number of aromatic nitrogens is 2. The van der Waals surface area contributed by atoms with E-state index in [0.717, 1.165) is 12.8 Å². The molecule has 0 radical (unpaired) electrons. The van der Waals surface area contributed by atoms with E-state index in [1.807, 2.05) is 6.07 Å². The number of nitrogens with one attached hydrogen (secondary N) is 1. The van der Waals surface area contributed by atoms with E-state index >= 15 is 0 Å². The minimum absolute atomic E-state index is 0.0185. The fourth-order valence-corrected chi connectivity index (χ4v) is 4.66. The second-order valence-electron chi connectivity index (χ2n) is 8.17. The average Bonchev–Trinajstić information content (AvgIpc) is 3.07. The maximum Gasteiger partial charge on any atom is 0.272 e. The van der Waals surface area contributed by atoms with Crippen LogP contribution < -0.4 is 5.32 Å². The summed E-state index contributed by atoms with van der Waals surface area (Å²) < 4.78 is 2.18. The zero-order valence-electron chi connectivity index (χ0n) is 16.1. The van der Waals surface area contributed by atoms with Crippen LogP contribution in [0, 0.1) is 5.92 Å². The summed E-state index contributed by atoms with van der Waals surface area (Å²) in [5, 5.41) is 7.99. The molecule has 1 aromatic heterocycles. The van der Waals surface area contributed by atoms with Crippen LogP contribution in [0.25, 0.3) is 0 Å². The number of amides is 1.